The van der Waals surface area contributed by atoms with Gasteiger partial charge in [0.15, 0.2) is 12.2 Å². The van der Waals surface area contributed by atoms with Crippen LogP contribution in [0.25, 0.3) is 0 Å². The molecular formula is C71H138O17P2. The number of aliphatic hydroxyl groups is 1. The Bertz CT molecular complexity index is 1740. The minimum atomic E-state index is -4.95. The van der Waals surface area contributed by atoms with Gasteiger partial charge in [0.25, 0.3) is 0 Å². The molecule has 0 rings (SSSR count). The van der Waals surface area contributed by atoms with Crippen LogP contribution in [0.5, 0.6) is 0 Å². The van der Waals surface area contributed by atoms with Crippen LogP contribution >= 0.6 is 15.6 Å². The van der Waals surface area contributed by atoms with E-state index in [1.165, 1.54) is 193 Å². The van der Waals surface area contributed by atoms with Gasteiger partial charge in [-0.15, -0.1) is 0 Å². The van der Waals surface area contributed by atoms with E-state index in [1.807, 2.05) is 0 Å². The summed E-state index contributed by atoms with van der Waals surface area (Å²) in [5.41, 5.74) is 0. The van der Waals surface area contributed by atoms with Crippen LogP contribution in [0.2, 0.25) is 0 Å². The molecule has 0 heterocycles. The van der Waals surface area contributed by atoms with Crippen LogP contribution in [0.3, 0.4) is 0 Å². The topological polar surface area (TPSA) is 237 Å². The first-order chi connectivity index (χ1) is 43.5. The highest BCUT2D eigenvalue weighted by Gasteiger charge is 2.30. The molecule has 0 amide bonds. The lowest BCUT2D eigenvalue weighted by atomic mass is 10.0. The lowest BCUT2D eigenvalue weighted by Gasteiger charge is -2.21. The van der Waals surface area contributed by atoms with Crippen LogP contribution in [0.1, 0.15) is 369 Å². The maximum Gasteiger partial charge on any atom is 0.472 e. The van der Waals surface area contributed by atoms with Crippen molar-refractivity contribution in [2.75, 3.05) is 39.6 Å². The Kier molecular flexibility index (Phi) is 63.0. The smallest absolute Gasteiger partial charge is 0.462 e. The Balaban J connectivity index is 5.25. The van der Waals surface area contributed by atoms with Crippen molar-refractivity contribution >= 4 is 39.5 Å². The fourth-order valence-electron chi connectivity index (χ4n) is 10.8. The molecule has 17 nitrogen and oxygen atoms in total. The standard InChI is InChI=1S/C71H138O17P2/c1-6-9-12-15-18-21-24-26-28-31-34-40-45-50-55-69(74)82-60-66(87-70(75)56-51-46-41-35-32-29-27-25-22-19-16-13-10-7-2)62-85-89(77,78)83-58-65(72)59-84-90(79,80)86-63-67(88-71(76)57-52-47-42-37-36-38-43-48-53-64(4)5)61-81-68(73)54-49-44-39-33-30-23-20-17-14-11-8-3/h64-67,72H,6-63H2,1-5H3,(H,77,78)(H,79,80)/t65-,66-,67-/m1/s1. The van der Waals surface area contributed by atoms with Crippen LogP contribution in [-0.4, -0.2) is 96.7 Å². The van der Waals surface area contributed by atoms with Crippen LogP contribution < -0.4 is 0 Å². The average Bonchev–Trinajstić information content (AvgIpc) is 3.36. The van der Waals surface area contributed by atoms with Gasteiger partial charge in [0.1, 0.15) is 19.3 Å². The van der Waals surface area contributed by atoms with Crippen molar-refractivity contribution in [2.45, 2.75) is 387 Å². The summed E-state index contributed by atoms with van der Waals surface area (Å²) in [6.07, 6.45) is 51.2. The molecule has 5 atom stereocenters. The number of phosphoric acid groups is 2. The van der Waals surface area contributed by atoms with E-state index in [2.05, 4.69) is 34.6 Å². The summed E-state index contributed by atoms with van der Waals surface area (Å²) in [7, 11) is -9.90. The zero-order valence-electron chi connectivity index (χ0n) is 58.3. The average molecular weight is 1330 g/mol. The number of ether oxygens (including phenoxy) is 4. The van der Waals surface area contributed by atoms with E-state index in [-0.39, 0.29) is 25.7 Å². The molecule has 0 bridgehead atoms. The fourth-order valence-corrected chi connectivity index (χ4v) is 12.4. The second-order valence-electron chi connectivity index (χ2n) is 26.1. The minimum absolute atomic E-state index is 0.105. The third kappa shape index (κ3) is 64.8. The highest BCUT2D eigenvalue weighted by atomic mass is 31.2. The summed E-state index contributed by atoms with van der Waals surface area (Å²) in [6.45, 7) is 7.22. The summed E-state index contributed by atoms with van der Waals surface area (Å²) >= 11 is 0. The summed E-state index contributed by atoms with van der Waals surface area (Å²) < 4.78 is 68.3. The molecule has 0 fully saturated rings. The van der Waals surface area contributed by atoms with E-state index >= 15 is 0 Å². The summed E-state index contributed by atoms with van der Waals surface area (Å²) in [4.78, 5) is 72.6. The first-order valence-corrected chi connectivity index (χ1v) is 40.1. The molecule has 3 N–H and O–H groups in total. The number of carbonyl (C=O) groups excluding carboxylic acids is 4. The molecule has 0 aliphatic heterocycles. The van der Waals surface area contributed by atoms with Crippen molar-refractivity contribution in [2.24, 2.45) is 5.92 Å². The molecule has 0 spiro atoms. The lowest BCUT2D eigenvalue weighted by Crippen LogP contribution is -2.30. The van der Waals surface area contributed by atoms with E-state index in [0.29, 0.717) is 25.7 Å². The predicted octanol–water partition coefficient (Wildman–Crippen LogP) is 20.5. The second-order valence-corrected chi connectivity index (χ2v) is 29.0. The van der Waals surface area contributed by atoms with Gasteiger partial charge in [-0.3, -0.25) is 37.3 Å². The number of rotatable bonds is 71. The molecule has 0 aromatic heterocycles. The Morgan fingerprint density at radius 3 is 0.756 bits per heavy atom. The van der Waals surface area contributed by atoms with Crippen LogP contribution in [-0.2, 0) is 65.4 Å². The molecule has 90 heavy (non-hydrogen) atoms. The molecule has 2 unspecified atom stereocenters. The van der Waals surface area contributed by atoms with Gasteiger partial charge in [-0.2, -0.15) is 0 Å². The number of esters is 4. The molecule has 0 saturated carbocycles. The third-order valence-corrected chi connectivity index (χ3v) is 18.4. The van der Waals surface area contributed by atoms with Crippen molar-refractivity contribution < 1.29 is 80.2 Å². The molecule has 0 saturated heterocycles. The van der Waals surface area contributed by atoms with Gasteiger partial charge < -0.3 is 33.8 Å². The minimum Gasteiger partial charge on any atom is -0.462 e. The predicted molar refractivity (Wildman–Crippen MR) is 363 cm³/mol. The van der Waals surface area contributed by atoms with Crippen molar-refractivity contribution in [3.63, 3.8) is 0 Å². The van der Waals surface area contributed by atoms with Gasteiger partial charge in [-0.1, -0.05) is 317 Å². The molecule has 0 aromatic rings. The normalized spacial score (nSPS) is 14.1. The number of phosphoric ester groups is 2. The first kappa shape index (κ1) is 88.1. The highest BCUT2D eigenvalue weighted by molar-refractivity contribution is 7.47. The molecule has 0 radical (unpaired) electrons. The molecule has 19 heteroatoms. The highest BCUT2D eigenvalue weighted by Crippen LogP contribution is 2.45. The zero-order chi connectivity index (χ0) is 66.3. The van der Waals surface area contributed by atoms with Crippen molar-refractivity contribution in [3.8, 4) is 0 Å². The van der Waals surface area contributed by atoms with Crippen molar-refractivity contribution in [1.82, 2.24) is 0 Å². The molecule has 534 valence electrons. The Labute approximate surface area is 549 Å². The summed E-state index contributed by atoms with van der Waals surface area (Å²) in [5, 5.41) is 10.6. The first-order valence-electron chi connectivity index (χ1n) is 37.1. The number of carbonyl (C=O) groups is 4. The Hall–Kier alpha value is -1.94. The fraction of sp³-hybridized carbons (Fsp3) is 0.944. The van der Waals surface area contributed by atoms with E-state index in [4.69, 9.17) is 37.0 Å². The maximum atomic E-state index is 13.0. The van der Waals surface area contributed by atoms with Gasteiger partial charge in [-0.25, -0.2) is 9.13 Å². The maximum absolute atomic E-state index is 13.0. The van der Waals surface area contributed by atoms with E-state index in [9.17, 15) is 43.2 Å². The SMILES string of the molecule is CCCCCCCCCCCCCCCCC(=O)OC[C@H](COP(=O)(O)OC[C@@H](O)COP(=O)(O)OC[C@@H](COC(=O)CCCCCCCCCCCCC)OC(=O)CCCCCCCCCCC(C)C)OC(=O)CCCCCCCCCCCCCCCC. The summed E-state index contributed by atoms with van der Waals surface area (Å²) in [5.74, 6) is -1.40. The lowest BCUT2D eigenvalue weighted by molar-refractivity contribution is -0.161. The van der Waals surface area contributed by atoms with Crippen LogP contribution in [0.4, 0.5) is 0 Å². The van der Waals surface area contributed by atoms with Crippen LogP contribution in [0.15, 0.2) is 0 Å². The monoisotopic (exact) mass is 1320 g/mol. The second kappa shape index (κ2) is 64.4. The Morgan fingerprint density at radius 1 is 0.300 bits per heavy atom. The zero-order valence-corrected chi connectivity index (χ0v) is 60.1. The van der Waals surface area contributed by atoms with E-state index in [0.717, 1.165) is 95.8 Å². The largest absolute Gasteiger partial charge is 0.472 e. The van der Waals surface area contributed by atoms with E-state index in [1.54, 1.807) is 0 Å². The van der Waals surface area contributed by atoms with Gasteiger partial charge in [0, 0.05) is 25.7 Å². The quantitative estimate of drug-likeness (QED) is 0.0222. The summed E-state index contributed by atoms with van der Waals surface area (Å²) in [6, 6.07) is 0. The number of aliphatic hydroxyl groups excluding tert-OH is 1. The number of hydrogen-bond acceptors (Lipinski definition) is 15. The molecule has 0 aliphatic carbocycles. The van der Waals surface area contributed by atoms with Gasteiger partial charge in [-0.05, 0) is 31.6 Å². The third-order valence-electron chi connectivity index (χ3n) is 16.5. The van der Waals surface area contributed by atoms with Crippen molar-refractivity contribution in [1.29, 1.82) is 0 Å². The van der Waals surface area contributed by atoms with Gasteiger partial charge in [0.05, 0.1) is 26.4 Å². The molecular weight excluding hydrogens is 1190 g/mol. The number of hydrogen-bond donors (Lipinski definition) is 3. The molecule has 0 aliphatic rings. The molecule has 0 aromatic carbocycles. The number of unbranched alkanes of at least 4 members (excludes halogenated alkanes) is 43. The van der Waals surface area contributed by atoms with E-state index < -0.39 is 97.5 Å². The Morgan fingerprint density at radius 2 is 0.511 bits per heavy atom. The van der Waals surface area contributed by atoms with Crippen molar-refractivity contribution in [3.05, 3.63) is 0 Å². The van der Waals surface area contributed by atoms with Gasteiger partial charge in [0.2, 0.25) is 0 Å². The van der Waals surface area contributed by atoms with Crippen LogP contribution in [0, 0.1) is 5.92 Å². The van der Waals surface area contributed by atoms with Gasteiger partial charge >= 0.3 is 39.5 Å².